The van der Waals surface area contributed by atoms with E-state index in [9.17, 15) is 4.79 Å². The van der Waals surface area contributed by atoms with Crippen molar-refractivity contribution in [1.29, 1.82) is 0 Å². The minimum absolute atomic E-state index is 0.265. The Kier molecular flexibility index (Phi) is 7.26. The number of nitrogen functional groups attached to an aromatic ring is 1. The van der Waals surface area contributed by atoms with Crippen LogP contribution in [0.25, 0.3) is 16.4 Å². The first-order valence-corrected chi connectivity index (χ1v) is 13.4. The van der Waals surface area contributed by atoms with E-state index in [1.54, 1.807) is 0 Å². The van der Waals surface area contributed by atoms with Crippen LogP contribution in [0.15, 0.2) is 48.8 Å². The largest absolute Gasteiger partial charge is 0.449 e. The number of carbonyl (C=O) groups is 1. The van der Waals surface area contributed by atoms with Crippen molar-refractivity contribution in [2.24, 2.45) is 5.41 Å². The maximum atomic E-state index is 12.1. The predicted molar refractivity (Wildman–Crippen MR) is 147 cm³/mol. The van der Waals surface area contributed by atoms with E-state index in [0.717, 1.165) is 61.4 Å². The topological polar surface area (TPSA) is 107 Å². The zero-order chi connectivity index (χ0) is 25.8. The van der Waals surface area contributed by atoms with Gasteiger partial charge in [0.2, 0.25) is 0 Å². The number of carbonyl (C=O) groups excluding carboxylic acids is 1. The lowest BCUT2D eigenvalue weighted by Gasteiger charge is -2.24. The first kappa shape index (κ1) is 25.0. The highest BCUT2D eigenvalue weighted by Gasteiger charge is 2.36. The number of pyridine rings is 1. The van der Waals surface area contributed by atoms with Crippen molar-refractivity contribution in [3.63, 3.8) is 0 Å². The van der Waals surface area contributed by atoms with Crippen LogP contribution in [0.4, 0.5) is 16.4 Å². The van der Waals surface area contributed by atoms with E-state index in [4.69, 9.17) is 10.5 Å². The number of anilines is 2. The molecule has 194 valence electrons. The van der Waals surface area contributed by atoms with Crippen LogP contribution in [-0.4, -0.2) is 32.3 Å². The van der Waals surface area contributed by atoms with Crippen LogP contribution in [-0.2, 0) is 11.2 Å². The first-order chi connectivity index (χ1) is 17.9. The second-order valence-corrected chi connectivity index (χ2v) is 10.6. The molecular weight excluding hydrogens is 464 g/mol. The maximum Gasteiger partial charge on any atom is 0.412 e. The zero-order valence-electron chi connectivity index (χ0n) is 21.7. The molecule has 1 aliphatic rings. The van der Waals surface area contributed by atoms with Gasteiger partial charge < -0.3 is 10.5 Å². The van der Waals surface area contributed by atoms with Crippen molar-refractivity contribution in [2.45, 2.75) is 71.1 Å². The molecule has 1 aromatic carbocycles. The van der Waals surface area contributed by atoms with E-state index >= 15 is 0 Å². The fourth-order valence-corrected chi connectivity index (χ4v) is 5.57. The highest BCUT2D eigenvalue weighted by molar-refractivity contribution is 5.87. The van der Waals surface area contributed by atoms with Crippen LogP contribution < -0.4 is 11.1 Å². The molecule has 8 nitrogen and oxygen atoms in total. The molecule has 5 rings (SSSR count). The van der Waals surface area contributed by atoms with Crippen molar-refractivity contribution in [3.05, 3.63) is 60.0 Å². The number of nitrogens with one attached hydrogen (secondary N) is 1. The number of ether oxygens (including phenoxy) is 1. The lowest BCUT2D eigenvalue weighted by Crippen LogP contribution is -2.15. The van der Waals surface area contributed by atoms with Crippen molar-refractivity contribution in [2.75, 3.05) is 17.7 Å². The molecule has 1 fully saturated rings. The summed E-state index contributed by atoms with van der Waals surface area (Å²) >= 11 is 0. The molecule has 1 saturated carbocycles. The minimum atomic E-state index is -0.451. The Morgan fingerprint density at radius 1 is 1.22 bits per heavy atom. The molecule has 1 unspecified atom stereocenters. The average molecular weight is 501 g/mol. The Labute approximate surface area is 217 Å². The van der Waals surface area contributed by atoms with E-state index in [2.05, 4.69) is 58.5 Å². The summed E-state index contributed by atoms with van der Waals surface area (Å²) in [5.41, 5.74) is 10.6. The number of hydrogen-bond acceptors (Lipinski definition) is 6. The van der Waals surface area contributed by atoms with Gasteiger partial charge in [0, 0.05) is 17.0 Å². The van der Waals surface area contributed by atoms with E-state index < -0.39 is 6.09 Å². The van der Waals surface area contributed by atoms with Gasteiger partial charge in [0.1, 0.15) is 17.7 Å². The SMILES string of the molecule is CCCCCOC(=O)Nc1ccc2ccc(CC[C@]3(C)CCC(c4ccc5c(N)ncnn45)C3)cc2n1. The van der Waals surface area contributed by atoms with Crippen molar-refractivity contribution in [1.82, 2.24) is 19.6 Å². The van der Waals surface area contributed by atoms with Crippen LogP contribution in [0.1, 0.15) is 76.0 Å². The molecule has 3 heterocycles. The summed E-state index contributed by atoms with van der Waals surface area (Å²) in [6.45, 7) is 4.95. The third-order valence-electron chi connectivity index (χ3n) is 7.75. The second-order valence-electron chi connectivity index (χ2n) is 10.6. The van der Waals surface area contributed by atoms with Crippen molar-refractivity contribution < 1.29 is 9.53 Å². The molecule has 0 aliphatic heterocycles. The molecule has 2 atom stereocenters. The Hall–Kier alpha value is -3.68. The summed E-state index contributed by atoms with van der Waals surface area (Å²) in [5, 5.41) is 8.26. The molecule has 0 spiro atoms. The van der Waals surface area contributed by atoms with Gasteiger partial charge in [-0.3, -0.25) is 5.32 Å². The molecule has 1 amide bonds. The fourth-order valence-electron chi connectivity index (χ4n) is 5.57. The summed E-state index contributed by atoms with van der Waals surface area (Å²) in [5.74, 6) is 1.50. The Morgan fingerprint density at radius 2 is 2.08 bits per heavy atom. The molecule has 3 aromatic heterocycles. The van der Waals surface area contributed by atoms with Gasteiger partial charge in [0.15, 0.2) is 5.82 Å². The van der Waals surface area contributed by atoms with Gasteiger partial charge in [-0.05, 0) is 79.8 Å². The summed E-state index contributed by atoms with van der Waals surface area (Å²) in [4.78, 5) is 20.9. The van der Waals surface area contributed by atoms with E-state index in [-0.39, 0.29) is 5.41 Å². The lowest BCUT2D eigenvalue weighted by molar-refractivity contribution is 0.159. The monoisotopic (exact) mass is 500 g/mol. The number of hydrogen-bond donors (Lipinski definition) is 2. The molecular formula is C29H36N6O2. The smallest absolute Gasteiger partial charge is 0.412 e. The molecule has 0 saturated heterocycles. The molecule has 0 radical (unpaired) electrons. The number of amides is 1. The number of unbranched alkanes of at least 4 members (excludes halogenated alkanes) is 2. The van der Waals surface area contributed by atoms with E-state index in [0.29, 0.717) is 24.2 Å². The number of nitrogens with zero attached hydrogens (tertiary/aromatic N) is 4. The number of aromatic nitrogens is 4. The van der Waals surface area contributed by atoms with Crippen LogP contribution in [0.5, 0.6) is 0 Å². The van der Waals surface area contributed by atoms with Gasteiger partial charge in [0.05, 0.1) is 12.1 Å². The third kappa shape index (κ3) is 5.68. The third-order valence-corrected chi connectivity index (χ3v) is 7.75. The van der Waals surface area contributed by atoms with E-state index in [1.807, 2.05) is 22.7 Å². The highest BCUT2D eigenvalue weighted by atomic mass is 16.5. The summed E-state index contributed by atoms with van der Waals surface area (Å²) < 4.78 is 7.21. The number of nitrogens with two attached hydrogens (primary N) is 1. The molecule has 3 N–H and O–H groups in total. The number of fused-ring (bicyclic) bond motifs is 2. The quantitative estimate of drug-likeness (QED) is 0.254. The van der Waals surface area contributed by atoms with Gasteiger partial charge in [-0.1, -0.05) is 38.8 Å². The van der Waals surface area contributed by atoms with Gasteiger partial charge in [-0.15, -0.1) is 0 Å². The predicted octanol–water partition coefficient (Wildman–Crippen LogP) is 6.51. The lowest BCUT2D eigenvalue weighted by atomic mass is 9.81. The van der Waals surface area contributed by atoms with Crippen LogP contribution in [0, 0.1) is 5.41 Å². The van der Waals surface area contributed by atoms with Crippen molar-refractivity contribution in [3.8, 4) is 0 Å². The summed E-state index contributed by atoms with van der Waals surface area (Å²) in [6, 6.07) is 14.4. The number of aryl methyl sites for hydroxylation is 1. The summed E-state index contributed by atoms with van der Waals surface area (Å²) in [7, 11) is 0. The molecule has 4 aromatic rings. The normalized spacial score (nSPS) is 19.5. The Bertz CT molecular complexity index is 1400. The molecule has 8 heteroatoms. The van der Waals surface area contributed by atoms with Crippen LogP contribution in [0.3, 0.4) is 0 Å². The zero-order valence-corrected chi connectivity index (χ0v) is 21.7. The summed E-state index contributed by atoms with van der Waals surface area (Å²) in [6.07, 6.45) is 9.66. The Balaban J connectivity index is 1.21. The van der Waals surface area contributed by atoms with Crippen LogP contribution in [0.2, 0.25) is 0 Å². The molecule has 37 heavy (non-hydrogen) atoms. The molecule has 0 bridgehead atoms. The fraction of sp³-hybridized carbons (Fsp3) is 0.448. The van der Waals surface area contributed by atoms with Gasteiger partial charge in [-0.25, -0.2) is 19.3 Å². The molecule has 1 aliphatic carbocycles. The average Bonchev–Trinajstić information content (AvgIpc) is 3.50. The maximum absolute atomic E-state index is 12.1. The van der Waals surface area contributed by atoms with Gasteiger partial charge >= 0.3 is 6.09 Å². The van der Waals surface area contributed by atoms with Crippen LogP contribution >= 0.6 is 0 Å². The first-order valence-electron chi connectivity index (χ1n) is 13.4. The van der Waals surface area contributed by atoms with Crippen molar-refractivity contribution >= 4 is 34.1 Å². The minimum Gasteiger partial charge on any atom is -0.449 e. The number of benzene rings is 1. The van der Waals surface area contributed by atoms with Gasteiger partial charge in [0.25, 0.3) is 0 Å². The number of rotatable bonds is 9. The standard InChI is InChI=1S/C29H36N6O2/c1-3-4-5-16-37-28(36)34-26-11-8-21-7-6-20(17-23(21)33-26)12-14-29(2)15-13-22(18-29)24-9-10-25-27(30)31-19-32-35(24)25/h6-11,17,19,22H,3-5,12-16,18H2,1-2H3,(H2,30,31,32)(H,33,34,36)/t22?,29-/m1/s1. The van der Waals surface area contributed by atoms with Gasteiger partial charge in [-0.2, -0.15) is 5.10 Å². The Morgan fingerprint density at radius 3 is 2.95 bits per heavy atom. The van der Waals surface area contributed by atoms with E-state index in [1.165, 1.54) is 24.0 Å². The highest BCUT2D eigenvalue weighted by Crippen LogP contribution is 2.49. The second kappa shape index (κ2) is 10.7.